The van der Waals surface area contributed by atoms with Gasteiger partial charge in [-0.3, -0.25) is 4.79 Å². The van der Waals surface area contributed by atoms with Gasteiger partial charge in [0.15, 0.2) is 5.78 Å². The SMILES string of the molecule is O=C1CCNC1c1ccc(Cl)s1. The predicted molar refractivity (Wildman–Crippen MR) is 49.7 cm³/mol. The van der Waals surface area contributed by atoms with Crippen molar-refractivity contribution in [1.82, 2.24) is 5.32 Å². The zero-order chi connectivity index (χ0) is 8.55. The first-order chi connectivity index (χ1) is 5.77. The number of rotatable bonds is 1. The van der Waals surface area contributed by atoms with Crippen molar-refractivity contribution in [3.63, 3.8) is 0 Å². The van der Waals surface area contributed by atoms with Crippen LogP contribution >= 0.6 is 22.9 Å². The van der Waals surface area contributed by atoms with Gasteiger partial charge in [0.1, 0.15) is 6.04 Å². The lowest BCUT2D eigenvalue weighted by Gasteiger charge is -2.03. The standard InChI is InChI=1S/C8H8ClNOS/c9-7-2-1-6(12-7)8-5(11)3-4-10-8/h1-2,8,10H,3-4H2. The number of hydrogen-bond acceptors (Lipinski definition) is 3. The highest BCUT2D eigenvalue weighted by atomic mass is 35.5. The molecule has 1 aromatic rings. The fraction of sp³-hybridized carbons (Fsp3) is 0.375. The topological polar surface area (TPSA) is 29.1 Å². The second-order valence-electron chi connectivity index (χ2n) is 2.75. The van der Waals surface area contributed by atoms with Crippen LogP contribution in [0.4, 0.5) is 0 Å². The van der Waals surface area contributed by atoms with Crippen LogP contribution in [-0.4, -0.2) is 12.3 Å². The largest absolute Gasteiger partial charge is 0.303 e. The van der Waals surface area contributed by atoms with Gasteiger partial charge in [0.2, 0.25) is 0 Å². The van der Waals surface area contributed by atoms with Crippen molar-refractivity contribution < 1.29 is 4.79 Å². The first-order valence-corrected chi connectivity index (χ1v) is 4.98. The van der Waals surface area contributed by atoms with Crippen LogP contribution in [0.5, 0.6) is 0 Å². The van der Waals surface area contributed by atoms with Crippen molar-refractivity contribution in [3.8, 4) is 0 Å². The summed E-state index contributed by atoms with van der Waals surface area (Å²) in [6, 6.07) is 3.64. The van der Waals surface area contributed by atoms with Gasteiger partial charge >= 0.3 is 0 Å². The maximum atomic E-state index is 11.3. The van der Waals surface area contributed by atoms with E-state index in [0.717, 1.165) is 15.8 Å². The molecule has 2 rings (SSSR count). The third kappa shape index (κ3) is 1.40. The van der Waals surface area contributed by atoms with E-state index in [1.165, 1.54) is 11.3 Å². The molecule has 0 spiro atoms. The van der Waals surface area contributed by atoms with E-state index in [9.17, 15) is 4.79 Å². The molecule has 0 aliphatic carbocycles. The lowest BCUT2D eigenvalue weighted by atomic mass is 10.2. The van der Waals surface area contributed by atoms with Crippen LogP contribution in [0.3, 0.4) is 0 Å². The van der Waals surface area contributed by atoms with Crippen molar-refractivity contribution in [2.45, 2.75) is 12.5 Å². The molecule has 4 heteroatoms. The summed E-state index contributed by atoms with van der Waals surface area (Å²) >= 11 is 7.24. The normalized spacial score (nSPS) is 23.4. The number of nitrogens with one attached hydrogen (secondary N) is 1. The molecule has 0 radical (unpaired) electrons. The number of hydrogen-bond donors (Lipinski definition) is 1. The van der Waals surface area contributed by atoms with E-state index >= 15 is 0 Å². The molecule has 2 nitrogen and oxygen atoms in total. The van der Waals surface area contributed by atoms with Crippen molar-refractivity contribution in [3.05, 3.63) is 21.3 Å². The third-order valence-corrected chi connectivity index (χ3v) is 3.22. The summed E-state index contributed by atoms with van der Waals surface area (Å²) in [4.78, 5) is 12.3. The minimum atomic E-state index is -0.0949. The van der Waals surface area contributed by atoms with Crippen molar-refractivity contribution in [2.75, 3.05) is 6.54 Å². The molecule has 1 saturated heterocycles. The van der Waals surface area contributed by atoms with Crippen LogP contribution in [0.15, 0.2) is 12.1 Å². The average molecular weight is 202 g/mol. The average Bonchev–Trinajstić information content (AvgIpc) is 2.58. The number of halogens is 1. The lowest BCUT2D eigenvalue weighted by molar-refractivity contribution is -0.118. The Morgan fingerprint density at radius 3 is 2.92 bits per heavy atom. The summed E-state index contributed by atoms with van der Waals surface area (Å²) < 4.78 is 0.742. The van der Waals surface area contributed by atoms with Crippen LogP contribution in [-0.2, 0) is 4.79 Å². The Bertz CT molecular complexity index is 310. The molecule has 0 bridgehead atoms. The van der Waals surface area contributed by atoms with Gasteiger partial charge in [-0.1, -0.05) is 11.6 Å². The van der Waals surface area contributed by atoms with Gasteiger partial charge in [-0.15, -0.1) is 11.3 Å². The van der Waals surface area contributed by atoms with Gasteiger partial charge in [-0.2, -0.15) is 0 Å². The minimum absolute atomic E-state index is 0.0949. The van der Waals surface area contributed by atoms with Crippen molar-refractivity contribution in [1.29, 1.82) is 0 Å². The van der Waals surface area contributed by atoms with E-state index in [4.69, 9.17) is 11.6 Å². The molecule has 64 valence electrons. The van der Waals surface area contributed by atoms with E-state index in [1.54, 1.807) is 0 Å². The molecule has 0 amide bonds. The van der Waals surface area contributed by atoms with Gasteiger partial charge in [-0.25, -0.2) is 0 Å². The fourth-order valence-corrected chi connectivity index (χ4v) is 2.50. The first kappa shape index (κ1) is 8.23. The summed E-state index contributed by atoms with van der Waals surface area (Å²) in [5.74, 6) is 0.272. The van der Waals surface area contributed by atoms with E-state index in [2.05, 4.69) is 5.32 Å². The minimum Gasteiger partial charge on any atom is -0.303 e. The second-order valence-corrected chi connectivity index (χ2v) is 4.49. The molecule has 1 unspecified atom stereocenters. The Balaban J connectivity index is 2.24. The van der Waals surface area contributed by atoms with Crippen LogP contribution in [0.25, 0.3) is 0 Å². The van der Waals surface area contributed by atoms with Crippen LogP contribution in [0.1, 0.15) is 17.3 Å². The van der Waals surface area contributed by atoms with Crippen LogP contribution < -0.4 is 5.32 Å². The number of carbonyl (C=O) groups excluding carboxylic acids is 1. The highest BCUT2D eigenvalue weighted by Crippen LogP contribution is 2.29. The Kier molecular flexibility index (Phi) is 2.17. The highest BCUT2D eigenvalue weighted by Gasteiger charge is 2.26. The van der Waals surface area contributed by atoms with Crippen LogP contribution in [0.2, 0.25) is 4.34 Å². The van der Waals surface area contributed by atoms with E-state index < -0.39 is 0 Å². The molecule has 1 N–H and O–H groups in total. The molecule has 1 fully saturated rings. The Labute approximate surface area is 79.5 Å². The van der Waals surface area contributed by atoms with E-state index in [-0.39, 0.29) is 11.8 Å². The molecule has 2 heterocycles. The smallest absolute Gasteiger partial charge is 0.156 e. The van der Waals surface area contributed by atoms with Crippen molar-refractivity contribution >= 4 is 28.7 Å². The summed E-state index contributed by atoms with van der Waals surface area (Å²) in [7, 11) is 0. The Morgan fingerprint density at radius 2 is 2.42 bits per heavy atom. The molecular weight excluding hydrogens is 194 g/mol. The van der Waals surface area contributed by atoms with Gasteiger partial charge in [0, 0.05) is 17.8 Å². The zero-order valence-electron chi connectivity index (χ0n) is 6.34. The van der Waals surface area contributed by atoms with Crippen LogP contribution in [0, 0.1) is 0 Å². The Morgan fingerprint density at radius 1 is 1.58 bits per heavy atom. The summed E-state index contributed by atoms with van der Waals surface area (Å²) in [5, 5.41) is 3.14. The molecule has 0 saturated carbocycles. The quantitative estimate of drug-likeness (QED) is 0.753. The number of thiophene rings is 1. The number of Topliss-reactive ketones (excluding diaryl/α,β-unsaturated/α-hetero) is 1. The molecule has 12 heavy (non-hydrogen) atoms. The van der Waals surface area contributed by atoms with Gasteiger partial charge in [0.05, 0.1) is 4.34 Å². The molecule has 1 aliphatic rings. The van der Waals surface area contributed by atoms with Crippen molar-refractivity contribution in [2.24, 2.45) is 0 Å². The maximum absolute atomic E-state index is 11.3. The molecule has 1 atom stereocenters. The first-order valence-electron chi connectivity index (χ1n) is 3.79. The summed E-state index contributed by atoms with van der Waals surface area (Å²) in [6.45, 7) is 0.791. The van der Waals surface area contributed by atoms with Gasteiger partial charge < -0.3 is 5.32 Å². The zero-order valence-corrected chi connectivity index (χ0v) is 7.91. The van der Waals surface area contributed by atoms with E-state index in [0.29, 0.717) is 6.42 Å². The maximum Gasteiger partial charge on any atom is 0.156 e. The fourth-order valence-electron chi connectivity index (χ4n) is 1.34. The van der Waals surface area contributed by atoms with Gasteiger partial charge in [0.25, 0.3) is 0 Å². The molecule has 1 aliphatic heterocycles. The highest BCUT2D eigenvalue weighted by molar-refractivity contribution is 7.16. The number of ketones is 1. The van der Waals surface area contributed by atoms with E-state index in [1.807, 2.05) is 12.1 Å². The predicted octanol–water partition coefficient (Wildman–Crippen LogP) is 2.00. The van der Waals surface area contributed by atoms with Gasteiger partial charge in [-0.05, 0) is 12.1 Å². The molecule has 0 aromatic carbocycles. The monoisotopic (exact) mass is 201 g/mol. The summed E-state index contributed by atoms with van der Waals surface area (Å²) in [6.07, 6.45) is 0.639. The molecule has 1 aromatic heterocycles. The Hall–Kier alpha value is -0.380. The summed E-state index contributed by atoms with van der Waals surface area (Å²) in [5.41, 5.74) is 0. The lowest BCUT2D eigenvalue weighted by Crippen LogP contribution is -2.15. The molecular formula is C8H8ClNOS. The number of carbonyl (C=O) groups is 1. The second kappa shape index (κ2) is 3.17. The third-order valence-electron chi connectivity index (χ3n) is 1.92.